The van der Waals surface area contributed by atoms with Crippen LogP contribution >= 0.6 is 11.6 Å². The van der Waals surface area contributed by atoms with E-state index in [2.05, 4.69) is 10.6 Å². The topological polar surface area (TPSA) is 87.7 Å². The van der Waals surface area contributed by atoms with Crippen LogP contribution in [-0.4, -0.2) is 29.3 Å². The van der Waals surface area contributed by atoms with E-state index in [1.807, 2.05) is 31.2 Å². The van der Waals surface area contributed by atoms with E-state index in [9.17, 15) is 14.4 Å². The van der Waals surface area contributed by atoms with Crippen LogP contribution in [-0.2, 0) is 16.2 Å². The predicted molar refractivity (Wildman–Crippen MR) is 130 cm³/mol. The number of benzene rings is 3. The Hall–Kier alpha value is -4.10. The second-order valence-corrected chi connectivity index (χ2v) is 8.21. The molecule has 0 aromatic heterocycles. The Morgan fingerprint density at radius 3 is 2.35 bits per heavy atom. The fraction of sp³-hybridized carbons (Fsp3) is 0.115. The van der Waals surface area contributed by atoms with Gasteiger partial charge in [0, 0.05) is 10.7 Å². The third kappa shape index (κ3) is 5.82. The van der Waals surface area contributed by atoms with Crippen LogP contribution in [0.1, 0.15) is 16.7 Å². The SMILES string of the molecule is Cc1ccc(NC(=O)CN2C(=O)N/C(=C/c3ccc(OCc4ccc(Cl)cc4)cc3)C2=O)cc1. The quantitative estimate of drug-likeness (QED) is 0.381. The Morgan fingerprint density at radius 1 is 1.00 bits per heavy atom. The lowest BCUT2D eigenvalue weighted by atomic mass is 10.2. The molecule has 0 aliphatic carbocycles. The fourth-order valence-corrected chi connectivity index (χ4v) is 3.40. The number of carbonyl (C=O) groups is 3. The number of imide groups is 1. The van der Waals surface area contributed by atoms with Gasteiger partial charge in [0.25, 0.3) is 5.91 Å². The molecule has 0 spiro atoms. The van der Waals surface area contributed by atoms with E-state index in [1.165, 1.54) is 0 Å². The zero-order chi connectivity index (χ0) is 24.1. The van der Waals surface area contributed by atoms with Gasteiger partial charge in [-0.15, -0.1) is 0 Å². The van der Waals surface area contributed by atoms with Gasteiger partial charge in [-0.3, -0.25) is 9.59 Å². The molecule has 2 N–H and O–H groups in total. The molecule has 4 rings (SSSR count). The van der Waals surface area contributed by atoms with Crippen molar-refractivity contribution in [3.8, 4) is 5.75 Å². The first kappa shape index (κ1) is 23.1. The maximum atomic E-state index is 12.7. The Labute approximate surface area is 202 Å². The number of hydrogen-bond donors (Lipinski definition) is 2. The number of urea groups is 1. The summed E-state index contributed by atoms with van der Waals surface area (Å²) in [5, 5.41) is 5.87. The number of nitrogens with zero attached hydrogens (tertiary/aromatic N) is 1. The van der Waals surface area contributed by atoms with E-state index in [0.717, 1.165) is 16.0 Å². The maximum Gasteiger partial charge on any atom is 0.329 e. The van der Waals surface area contributed by atoms with Crippen molar-refractivity contribution in [2.24, 2.45) is 0 Å². The number of aryl methyl sites for hydroxylation is 1. The van der Waals surface area contributed by atoms with E-state index in [4.69, 9.17) is 16.3 Å². The molecule has 1 saturated heterocycles. The van der Waals surface area contributed by atoms with Crippen LogP contribution in [0, 0.1) is 6.92 Å². The standard InChI is InChI=1S/C26H22ClN3O4/c1-17-2-10-21(11-3-17)28-24(31)15-30-25(32)23(29-26(30)33)14-18-6-12-22(13-7-18)34-16-19-4-8-20(27)9-5-19/h2-14H,15-16H2,1H3,(H,28,31)(H,29,33)/b23-14+. The lowest BCUT2D eigenvalue weighted by Crippen LogP contribution is -2.38. The van der Waals surface area contributed by atoms with Crippen LogP contribution in [0.5, 0.6) is 5.75 Å². The molecule has 1 aliphatic heterocycles. The van der Waals surface area contributed by atoms with Crippen LogP contribution in [0.4, 0.5) is 10.5 Å². The molecular formula is C26H22ClN3O4. The predicted octanol–water partition coefficient (Wildman–Crippen LogP) is 4.76. The molecule has 3 aromatic carbocycles. The molecule has 4 amide bonds. The molecule has 34 heavy (non-hydrogen) atoms. The highest BCUT2D eigenvalue weighted by molar-refractivity contribution is 6.30. The van der Waals surface area contributed by atoms with Crippen molar-refractivity contribution in [2.45, 2.75) is 13.5 Å². The van der Waals surface area contributed by atoms with Crippen molar-refractivity contribution in [1.29, 1.82) is 0 Å². The summed E-state index contributed by atoms with van der Waals surface area (Å²) in [6, 6.07) is 21.1. The first-order valence-corrected chi connectivity index (χ1v) is 10.9. The van der Waals surface area contributed by atoms with Crippen LogP contribution in [0.15, 0.2) is 78.5 Å². The lowest BCUT2D eigenvalue weighted by Gasteiger charge is -2.12. The van der Waals surface area contributed by atoms with Gasteiger partial charge in [0.1, 0.15) is 24.6 Å². The van der Waals surface area contributed by atoms with E-state index >= 15 is 0 Å². The van der Waals surface area contributed by atoms with E-state index < -0.39 is 17.8 Å². The molecule has 0 radical (unpaired) electrons. The van der Waals surface area contributed by atoms with Gasteiger partial charge in [-0.05, 0) is 60.5 Å². The minimum Gasteiger partial charge on any atom is -0.489 e. The summed E-state index contributed by atoms with van der Waals surface area (Å²) >= 11 is 5.89. The second-order valence-electron chi connectivity index (χ2n) is 7.78. The molecule has 0 bridgehead atoms. The van der Waals surface area contributed by atoms with Crippen molar-refractivity contribution in [2.75, 3.05) is 11.9 Å². The van der Waals surface area contributed by atoms with Gasteiger partial charge >= 0.3 is 6.03 Å². The number of ether oxygens (including phenoxy) is 1. The first-order chi connectivity index (χ1) is 16.4. The molecule has 7 nitrogen and oxygen atoms in total. The minimum atomic E-state index is -0.641. The molecule has 1 fully saturated rings. The highest BCUT2D eigenvalue weighted by Crippen LogP contribution is 2.19. The summed E-state index contributed by atoms with van der Waals surface area (Å²) in [5.74, 6) is -0.365. The van der Waals surface area contributed by atoms with Crippen molar-refractivity contribution in [1.82, 2.24) is 10.2 Å². The van der Waals surface area contributed by atoms with Gasteiger partial charge in [-0.25, -0.2) is 9.69 Å². The van der Waals surface area contributed by atoms with Crippen LogP contribution in [0.3, 0.4) is 0 Å². The summed E-state index contributed by atoms with van der Waals surface area (Å²) in [6.07, 6.45) is 1.56. The molecule has 0 atom stereocenters. The van der Waals surface area contributed by atoms with Crippen molar-refractivity contribution >= 4 is 41.2 Å². The number of anilines is 1. The average molecular weight is 476 g/mol. The first-order valence-electron chi connectivity index (χ1n) is 10.6. The summed E-state index contributed by atoms with van der Waals surface area (Å²) < 4.78 is 5.76. The third-order valence-corrected chi connectivity index (χ3v) is 5.36. The molecule has 1 aliphatic rings. The number of amides is 4. The van der Waals surface area contributed by atoms with Gasteiger partial charge in [-0.2, -0.15) is 0 Å². The van der Waals surface area contributed by atoms with E-state index in [1.54, 1.807) is 54.6 Å². The number of nitrogens with one attached hydrogen (secondary N) is 2. The fourth-order valence-electron chi connectivity index (χ4n) is 3.27. The second kappa shape index (κ2) is 10.2. The lowest BCUT2D eigenvalue weighted by molar-refractivity contribution is -0.127. The molecular weight excluding hydrogens is 454 g/mol. The summed E-state index contributed by atoms with van der Waals surface area (Å²) in [4.78, 5) is 38.1. The number of rotatable bonds is 7. The van der Waals surface area contributed by atoms with Crippen LogP contribution < -0.4 is 15.4 Å². The largest absolute Gasteiger partial charge is 0.489 e. The Bertz CT molecular complexity index is 1240. The van der Waals surface area contributed by atoms with Crippen LogP contribution in [0.25, 0.3) is 6.08 Å². The molecule has 8 heteroatoms. The smallest absolute Gasteiger partial charge is 0.329 e. The number of hydrogen-bond acceptors (Lipinski definition) is 4. The molecule has 1 heterocycles. The highest BCUT2D eigenvalue weighted by atomic mass is 35.5. The number of carbonyl (C=O) groups excluding carboxylic acids is 3. The summed E-state index contributed by atoms with van der Waals surface area (Å²) in [5.41, 5.74) is 3.44. The van der Waals surface area contributed by atoms with Gasteiger partial charge in [0.05, 0.1) is 0 Å². The highest BCUT2D eigenvalue weighted by Gasteiger charge is 2.34. The minimum absolute atomic E-state index is 0.1000. The normalized spacial score (nSPS) is 14.3. The van der Waals surface area contributed by atoms with E-state index in [0.29, 0.717) is 28.6 Å². The van der Waals surface area contributed by atoms with Crippen molar-refractivity contribution in [3.05, 3.63) is 100 Å². The van der Waals surface area contributed by atoms with Gasteiger partial charge in [0.2, 0.25) is 5.91 Å². The Kier molecular flexibility index (Phi) is 6.94. The van der Waals surface area contributed by atoms with Crippen LogP contribution in [0.2, 0.25) is 5.02 Å². The zero-order valence-electron chi connectivity index (χ0n) is 18.4. The van der Waals surface area contributed by atoms with Gasteiger partial charge < -0.3 is 15.4 Å². The van der Waals surface area contributed by atoms with Crippen molar-refractivity contribution < 1.29 is 19.1 Å². The molecule has 0 saturated carbocycles. The summed E-state index contributed by atoms with van der Waals surface area (Å²) in [7, 11) is 0. The molecule has 172 valence electrons. The zero-order valence-corrected chi connectivity index (χ0v) is 19.1. The monoisotopic (exact) mass is 475 g/mol. The third-order valence-electron chi connectivity index (χ3n) is 5.11. The Balaban J connectivity index is 1.35. The van der Waals surface area contributed by atoms with Crippen molar-refractivity contribution in [3.63, 3.8) is 0 Å². The molecule has 0 unspecified atom stereocenters. The van der Waals surface area contributed by atoms with Gasteiger partial charge in [0.15, 0.2) is 0 Å². The van der Waals surface area contributed by atoms with Gasteiger partial charge in [-0.1, -0.05) is 53.6 Å². The molecule has 3 aromatic rings. The average Bonchev–Trinajstić information content (AvgIpc) is 3.08. The van der Waals surface area contributed by atoms with E-state index in [-0.39, 0.29) is 12.2 Å². The maximum absolute atomic E-state index is 12.7. The number of halogens is 1. The summed E-state index contributed by atoms with van der Waals surface area (Å²) in [6.45, 7) is 1.95. The Morgan fingerprint density at radius 2 is 1.68 bits per heavy atom.